The first-order valence-corrected chi connectivity index (χ1v) is 18.8. The lowest BCUT2D eigenvalue weighted by Crippen LogP contribution is -2.47. The second kappa shape index (κ2) is 12.3. The van der Waals surface area contributed by atoms with Gasteiger partial charge in [0, 0.05) is 11.8 Å². The van der Waals surface area contributed by atoms with Gasteiger partial charge in [-0.1, -0.05) is 6.92 Å². The number of hydrogen-bond donors (Lipinski definition) is 1. The highest BCUT2D eigenvalue weighted by atomic mass is 16.6. The van der Waals surface area contributed by atoms with E-state index in [0.717, 1.165) is 57.8 Å². The molecule has 5 saturated carbocycles. The van der Waals surface area contributed by atoms with E-state index in [9.17, 15) is 24.3 Å². The Morgan fingerprint density at radius 2 is 1.52 bits per heavy atom. The minimum absolute atomic E-state index is 0.0738. The second-order valence-electron chi connectivity index (χ2n) is 19.0. The predicted molar refractivity (Wildman–Crippen MR) is 177 cm³/mol. The quantitative estimate of drug-likeness (QED) is 0.168. The van der Waals surface area contributed by atoms with Crippen molar-refractivity contribution >= 4 is 23.9 Å². The van der Waals surface area contributed by atoms with Crippen LogP contribution in [0.4, 0.5) is 0 Å². The van der Waals surface area contributed by atoms with Crippen LogP contribution in [-0.2, 0) is 38.1 Å². The molecule has 6 rings (SSSR count). The Morgan fingerprint density at radius 1 is 0.833 bits per heavy atom. The third-order valence-electron chi connectivity index (χ3n) is 13.5. The minimum atomic E-state index is -1.18. The number of carbonyl (C=O) groups is 4. The molecule has 9 heteroatoms. The molecule has 5 aliphatic carbocycles. The van der Waals surface area contributed by atoms with Crippen molar-refractivity contribution in [3.05, 3.63) is 0 Å². The van der Waals surface area contributed by atoms with Crippen LogP contribution in [0.2, 0.25) is 0 Å². The van der Waals surface area contributed by atoms with Crippen LogP contribution in [0.25, 0.3) is 0 Å². The predicted octanol–water partition coefficient (Wildman–Crippen LogP) is 6.70. The summed E-state index contributed by atoms with van der Waals surface area (Å²) in [6.45, 7) is 15.0. The summed E-state index contributed by atoms with van der Waals surface area (Å²) < 4.78 is 24.4. The maximum Gasteiger partial charge on any atom is 0.312 e. The zero-order chi connectivity index (χ0) is 35.0. The van der Waals surface area contributed by atoms with E-state index in [-0.39, 0.29) is 66.6 Å². The molecule has 1 aliphatic heterocycles. The molecule has 0 amide bonds. The summed E-state index contributed by atoms with van der Waals surface area (Å²) in [5.74, 6) is -0.0605. The number of esters is 4. The van der Waals surface area contributed by atoms with E-state index in [1.165, 1.54) is 0 Å². The van der Waals surface area contributed by atoms with Crippen LogP contribution in [0.5, 0.6) is 0 Å². The molecule has 1 saturated heterocycles. The van der Waals surface area contributed by atoms with Crippen molar-refractivity contribution in [1.82, 2.24) is 0 Å². The monoisotopic (exact) mass is 672 g/mol. The molecule has 1 heterocycles. The Balaban J connectivity index is 1.19. The van der Waals surface area contributed by atoms with E-state index in [0.29, 0.717) is 24.7 Å². The van der Waals surface area contributed by atoms with Crippen molar-refractivity contribution in [1.29, 1.82) is 0 Å². The summed E-state index contributed by atoms with van der Waals surface area (Å²) in [6, 6.07) is 0. The molecular weight excluding hydrogens is 612 g/mol. The molecule has 9 nitrogen and oxygen atoms in total. The van der Waals surface area contributed by atoms with Crippen LogP contribution in [-0.4, -0.2) is 58.5 Å². The molecule has 0 aromatic carbocycles. The number of rotatable bonds is 13. The number of fused-ring (bicyclic) bond motifs is 3. The first kappa shape index (κ1) is 35.7. The smallest absolute Gasteiger partial charge is 0.312 e. The van der Waals surface area contributed by atoms with Crippen molar-refractivity contribution in [3.8, 4) is 0 Å². The lowest BCUT2D eigenvalue weighted by Gasteiger charge is -2.42. The van der Waals surface area contributed by atoms with Crippen LogP contribution in [0.3, 0.4) is 0 Å². The third-order valence-corrected chi connectivity index (χ3v) is 13.5. The Labute approximate surface area is 286 Å². The van der Waals surface area contributed by atoms with Gasteiger partial charge in [0.05, 0.1) is 27.8 Å². The summed E-state index contributed by atoms with van der Waals surface area (Å²) in [7, 11) is 0. The molecule has 4 bridgehead atoms. The van der Waals surface area contributed by atoms with Gasteiger partial charge in [-0.15, -0.1) is 0 Å². The molecule has 270 valence electrons. The summed E-state index contributed by atoms with van der Waals surface area (Å²) in [6.07, 6.45) is 8.38. The second-order valence-corrected chi connectivity index (χ2v) is 19.0. The number of ether oxygens (including phenoxy) is 4. The number of aliphatic hydroxyl groups is 1. The topological polar surface area (TPSA) is 125 Å². The standard InChI is InChI=1S/C39H60O9/c1-9-37(6,34(43)48-39(8)12-10-11-13-39)21-38(7,33(42)45-28-18-22-14-23(28)15-25(22)19-36(4,5)44)20-35(2,3)32(41)47-29-24-16-26-27(17-24)31(40)46-30(26)29/h22-30,44H,9-21H2,1-8H3. The first-order chi connectivity index (χ1) is 22.2. The third kappa shape index (κ3) is 6.67. The average molecular weight is 673 g/mol. The van der Waals surface area contributed by atoms with Crippen LogP contribution < -0.4 is 0 Å². The van der Waals surface area contributed by atoms with Crippen LogP contribution >= 0.6 is 0 Å². The Kier molecular flexibility index (Phi) is 9.11. The Bertz CT molecular complexity index is 1290. The van der Waals surface area contributed by atoms with E-state index in [2.05, 4.69) is 0 Å². The highest BCUT2D eigenvalue weighted by Crippen LogP contribution is 2.57. The number of carbonyl (C=O) groups excluding carboxylic acids is 4. The maximum absolute atomic E-state index is 14.5. The van der Waals surface area contributed by atoms with Gasteiger partial charge in [0.1, 0.15) is 23.9 Å². The van der Waals surface area contributed by atoms with Gasteiger partial charge >= 0.3 is 23.9 Å². The van der Waals surface area contributed by atoms with E-state index in [4.69, 9.17) is 18.9 Å². The summed E-state index contributed by atoms with van der Waals surface area (Å²) >= 11 is 0. The summed E-state index contributed by atoms with van der Waals surface area (Å²) in [5.41, 5.74) is -4.46. The highest BCUT2D eigenvalue weighted by molar-refractivity contribution is 5.83. The van der Waals surface area contributed by atoms with Gasteiger partial charge in [-0.05, 0) is 150 Å². The summed E-state index contributed by atoms with van der Waals surface area (Å²) in [4.78, 5) is 54.7. The fourth-order valence-corrected chi connectivity index (χ4v) is 11.0. The van der Waals surface area contributed by atoms with Crippen LogP contribution in [0.15, 0.2) is 0 Å². The molecule has 11 atom stereocenters. The molecule has 6 aliphatic rings. The fourth-order valence-electron chi connectivity index (χ4n) is 11.0. The van der Waals surface area contributed by atoms with Crippen molar-refractivity contribution in [2.45, 2.75) is 168 Å². The van der Waals surface area contributed by atoms with Gasteiger partial charge in [0.25, 0.3) is 0 Å². The molecular formula is C39H60O9. The van der Waals surface area contributed by atoms with Crippen molar-refractivity contribution in [2.24, 2.45) is 51.8 Å². The fraction of sp³-hybridized carbons (Fsp3) is 0.897. The van der Waals surface area contributed by atoms with Crippen molar-refractivity contribution < 1.29 is 43.2 Å². The molecule has 6 fully saturated rings. The average Bonchev–Trinajstić information content (AvgIpc) is 3.81. The Morgan fingerprint density at radius 3 is 2.12 bits per heavy atom. The van der Waals surface area contributed by atoms with Gasteiger partial charge in [-0.2, -0.15) is 0 Å². The Hall–Kier alpha value is -2.16. The van der Waals surface area contributed by atoms with E-state index < -0.39 is 39.5 Å². The number of hydrogen-bond acceptors (Lipinski definition) is 9. The largest absolute Gasteiger partial charge is 0.462 e. The van der Waals surface area contributed by atoms with Crippen molar-refractivity contribution in [2.75, 3.05) is 0 Å². The zero-order valence-corrected chi connectivity index (χ0v) is 30.6. The molecule has 1 N–H and O–H groups in total. The normalized spacial score (nSPS) is 37.2. The van der Waals surface area contributed by atoms with E-state index >= 15 is 0 Å². The van der Waals surface area contributed by atoms with E-state index in [1.807, 2.05) is 41.5 Å². The molecule has 0 spiro atoms. The van der Waals surface area contributed by atoms with Crippen LogP contribution in [0, 0.1) is 51.8 Å². The van der Waals surface area contributed by atoms with Gasteiger partial charge in [0.15, 0.2) is 0 Å². The molecule has 48 heavy (non-hydrogen) atoms. The molecule has 11 unspecified atom stereocenters. The molecule has 0 aromatic rings. The van der Waals surface area contributed by atoms with Gasteiger partial charge < -0.3 is 24.1 Å². The van der Waals surface area contributed by atoms with E-state index in [1.54, 1.807) is 13.8 Å². The zero-order valence-electron chi connectivity index (χ0n) is 30.6. The lowest BCUT2D eigenvalue weighted by atomic mass is 9.65. The summed E-state index contributed by atoms with van der Waals surface area (Å²) in [5, 5.41) is 10.4. The van der Waals surface area contributed by atoms with Crippen molar-refractivity contribution in [3.63, 3.8) is 0 Å². The highest BCUT2D eigenvalue weighted by Gasteiger charge is 2.64. The first-order valence-electron chi connectivity index (χ1n) is 18.8. The maximum atomic E-state index is 14.5. The van der Waals surface area contributed by atoms with Gasteiger partial charge in [-0.3, -0.25) is 19.2 Å². The van der Waals surface area contributed by atoms with Crippen LogP contribution in [0.1, 0.15) is 139 Å². The van der Waals surface area contributed by atoms with Gasteiger partial charge in [-0.25, -0.2) is 0 Å². The molecule has 0 radical (unpaired) electrons. The SMILES string of the molecule is CCC(C)(CC(C)(CC(C)(C)C(=O)OC1C2CC3C(=O)OC1C3C2)C(=O)OC1CC2CC1CC2CC(C)(C)O)C(=O)OC1(C)CCCC1. The lowest BCUT2D eigenvalue weighted by molar-refractivity contribution is -0.181. The minimum Gasteiger partial charge on any atom is -0.462 e. The molecule has 0 aromatic heterocycles. The van der Waals surface area contributed by atoms with Gasteiger partial charge in [0.2, 0.25) is 0 Å².